The summed E-state index contributed by atoms with van der Waals surface area (Å²) >= 11 is 0. The maximum atomic E-state index is 9.26. The molecule has 0 aliphatic heterocycles. The van der Waals surface area contributed by atoms with E-state index in [0.717, 1.165) is 39.8 Å². The molecule has 1 aliphatic carbocycles. The average molecular weight is 294 g/mol. The van der Waals surface area contributed by atoms with Gasteiger partial charge in [-0.05, 0) is 41.8 Å². The molecule has 1 aromatic carbocycles. The van der Waals surface area contributed by atoms with Gasteiger partial charge < -0.3 is 0 Å². The SMILES string of the molecule is Cc1c2c(nc3cccnc13)-c1cccc(C#N)c1C2.Cl. The van der Waals surface area contributed by atoms with E-state index in [0.29, 0.717) is 0 Å². The Hall–Kier alpha value is -2.44. The van der Waals surface area contributed by atoms with Gasteiger partial charge in [0.15, 0.2) is 0 Å². The van der Waals surface area contributed by atoms with Gasteiger partial charge in [0, 0.05) is 18.2 Å². The molecule has 3 nitrogen and oxygen atoms in total. The molecule has 0 fully saturated rings. The first-order chi connectivity index (χ1) is 9.79. The van der Waals surface area contributed by atoms with Crippen LogP contribution in [0.25, 0.3) is 22.3 Å². The Morgan fingerprint density at radius 3 is 2.81 bits per heavy atom. The van der Waals surface area contributed by atoms with Crippen LogP contribution in [-0.2, 0) is 6.42 Å². The monoisotopic (exact) mass is 293 g/mol. The maximum Gasteiger partial charge on any atom is 0.0994 e. The third-order valence-electron chi connectivity index (χ3n) is 4.02. The van der Waals surface area contributed by atoms with Gasteiger partial charge in [0.1, 0.15) is 0 Å². The number of rotatable bonds is 0. The lowest BCUT2D eigenvalue weighted by molar-refractivity contribution is 1.18. The number of hydrogen-bond acceptors (Lipinski definition) is 3. The molecule has 0 saturated carbocycles. The lowest BCUT2D eigenvalue weighted by Crippen LogP contribution is -1.94. The van der Waals surface area contributed by atoms with Crippen molar-refractivity contribution in [1.82, 2.24) is 9.97 Å². The predicted octanol–water partition coefficient (Wildman–Crippen LogP) is 3.80. The molecule has 0 spiro atoms. The molecular formula is C17H12ClN3. The summed E-state index contributed by atoms with van der Waals surface area (Å²) < 4.78 is 0. The first-order valence-electron chi connectivity index (χ1n) is 6.56. The minimum atomic E-state index is 0. The van der Waals surface area contributed by atoms with Crippen molar-refractivity contribution in [2.75, 3.05) is 0 Å². The van der Waals surface area contributed by atoms with Gasteiger partial charge in [-0.25, -0.2) is 4.98 Å². The van der Waals surface area contributed by atoms with Crippen molar-refractivity contribution in [3.8, 4) is 17.3 Å². The number of benzene rings is 1. The molecule has 3 aromatic rings. The van der Waals surface area contributed by atoms with Crippen molar-refractivity contribution in [2.45, 2.75) is 13.3 Å². The van der Waals surface area contributed by atoms with E-state index in [4.69, 9.17) is 4.98 Å². The Morgan fingerprint density at radius 2 is 2.00 bits per heavy atom. The Kier molecular flexibility index (Phi) is 3.12. The van der Waals surface area contributed by atoms with Crippen LogP contribution in [0.5, 0.6) is 0 Å². The standard InChI is InChI=1S/C17H11N3.ClH/c1-10-13-8-14-11(9-18)4-2-5-12(14)17(13)20-15-6-3-7-19-16(10)15;/h2-7H,8H2,1H3;1H. The van der Waals surface area contributed by atoms with Crippen LogP contribution < -0.4 is 0 Å². The van der Waals surface area contributed by atoms with Crippen molar-refractivity contribution in [3.05, 3.63) is 58.8 Å². The van der Waals surface area contributed by atoms with Crippen LogP contribution >= 0.6 is 12.4 Å². The summed E-state index contributed by atoms with van der Waals surface area (Å²) in [6.07, 6.45) is 2.58. The second kappa shape index (κ2) is 4.83. The molecule has 0 saturated heterocycles. The van der Waals surface area contributed by atoms with Crippen LogP contribution in [0, 0.1) is 18.3 Å². The van der Waals surface area contributed by atoms with Gasteiger partial charge in [-0.1, -0.05) is 12.1 Å². The number of nitriles is 1. The maximum absolute atomic E-state index is 9.26. The number of hydrogen-bond donors (Lipinski definition) is 0. The van der Waals surface area contributed by atoms with Crippen molar-refractivity contribution in [3.63, 3.8) is 0 Å². The van der Waals surface area contributed by atoms with Crippen LogP contribution in [0.4, 0.5) is 0 Å². The molecule has 0 unspecified atom stereocenters. The molecule has 0 bridgehead atoms. The molecule has 1 aliphatic rings. The zero-order valence-electron chi connectivity index (χ0n) is 11.4. The zero-order valence-corrected chi connectivity index (χ0v) is 12.2. The Labute approximate surface area is 128 Å². The van der Waals surface area contributed by atoms with Crippen molar-refractivity contribution < 1.29 is 0 Å². The first kappa shape index (κ1) is 13.5. The summed E-state index contributed by atoms with van der Waals surface area (Å²) in [7, 11) is 0. The smallest absolute Gasteiger partial charge is 0.0994 e. The number of aromatic nitrogens is 2. The molecule has 0 radical (unpaired) electrons. The highest BCUT2D eigenvalue weighted by atomic mass is 35.5. The third-order valence-corrected chi connectivity index (χ3v) is 4.02. The summed E-state index contributed by atoms with van der Waals surface area (Å²) in [6, 6.07) is 12.0. The number of pyridine rings is 2. The highest BCUT2D eigenvalue weighted by Crippen LogP contribution is 2.40. The van der Waals surface area contributed by atoms with E-state index in [2.05, 4.69) is 24.0 Å². The molecule has 0 atom stereocenters. The number of fused-ring (bicyclic) bond motifs is 4. The molecular weight excluding hydrogens is 282 g/mol. The summed E-state index contributed by atoms with van der Waals surface area (Å²) in [5.74, 6) is 0. The molecule has 102 valence electrons. The Morgan fingerprint density at radius 1 is 1.14 bits per heavy atom. The van der Waals surface area contributed by atoms with Gasteiger partial charge >= 0.3 is 0 Å². The summed E-state index contributed by atoms with van der Waals surface area (Å²) in [5.41, 5.74) is 8.19. The van der Waals surface area contributed by atoms with Crippen LogP contribution in [0.15, 0.2) is 36.5 Å². The van der Waals surface area contributed by atoms with E-state index in [1.807, 2.05) is 24.3 Å². The minimum absolute atomic E-state index is 0. The number of aryl methyl sites for hydroxylation is 1. The van der Waals surface area contributed by atoms with Crippen molar-refractivity contribution in [2.24, 2.45) is 0 Å². The van der Waals surface area contributed by atoms with E-state index >= 15 is 0 Å². The van der Waals surface area contributed by atoms with Gasteiger partial charge in [-0.2, -0.15) is 5.26 Å². The molecule has 2 aromatic heterocycles. The number of nitrogens with zero attached hydrogens (tertiary/aromatic N) is 3. The quantitative estimate of drug-likeness (QED) is 0.495. The predicted molar refractivity (Wildman–Crippen MR) is 84.5 cm³/mol. The summed E-state index contributed by atoms with van der Waals surface area (Å²) in [5, 5.41) is 9.26. The minimum Gasteiger partial charge on any atom is -0.254 e. The zero-order chi connectivity index (χ0) is 13.7. The first-order valence-corrected chi connectivity index (χ1v) is 6.56. The topological polar surface area (TPSA) is 49.6 Å². The van der Waals surface area contributed by atoms with E-state index in [9.17, 15) is 5.26 Å². The van der Waals surface area contributed by atoms with E-state index < -0.39 is 0 Å². The van der Waals surface area contributed by atoms with Crippen LogP contribution in [0.3, 0.4) is 0 Å². The molecule has 4 rings (SSSR count). The van der Waals surface area contributed by atoms with Gasteiger partial charge in [0.05, 0.1) is 28.4 Å². The Bertz CT molecular complexity index is 910. The fourth-order valence-electron chi connectivity index (χ4n) is 3.00. The molecule has 4 heteroatoms. The fraction of sp³-hybridized carbons (Fsp3) is 0.118. The molecule has 0 N–H and O–H groups in total. The van der Waals surface area contributed by atoms with Crippen molar-refractivity contribution in [1.29, 1.82) is 5.26 Å². The molecule has 0 amide bonds. The second-order valence-corrected chi connectivity index (χ2v) is 5.06. The third kappa shape index (κ3) is 1.80. The highest BCUT2D eigenvalue weighted by Gasteiger charge is 2.25. The van der Waals surface area contributed by atoms with Crippen LogP contribution in [0.2, 0.25) is 0 Å². The summed E-state index contributed by atoms with van der Waals surface area (Å²) in [6.45, 7) is 2.09. The lowest BCUT2D eigenvalue weighted by atomic mass is 10.0. The second-order valence-electron chi connectivity index (χ2n) is 5.06. The fourth-order valence-corrected chi connectivity index (χ4v) is 3.00. The average Bonchev–Trinajstić information content (AvgIpc) is 2.87. The lowest BCUT2D eigenvalue weighted by Gasteiger charge is -2.07. The normalized spacial score (nSPS) is 11.4. The van der Waals surface area contributed by atoms with Gasteiger partial charge in [-0.15, -0.1) is 12.4 Å². The van der Waals surface area contributed by atoms with Crippen LogP contribution in [-0.4, -0.2) is 9.97 Å². The van der Waals surface area contributed by atoms with E-state index in [1.54, 1.807) is 6.20 Å². The number of halogens is 1. The largest absolute Gasteiger partial charge is 0.254 e. The van der Waals surface area contributed by atoms with Crippen LogP contribution in [0.1, 0.15) is 22.3 Å². The Balaban J connectivity index is 0.00000132. The summed E-state index contributed by atoms with van der Waals surface area (Å²) in [4.78, 5) is 9.20. The van der Waals surface area contributed by atoms with E-state index in [-0.39, 0.29) is 12.4 Å². The van der Waals surface area contributed by atoms with Gasteiger partial charge in [-0.3, -0.25) is 4.98 Å². The molecule has 21 heavy (non-hydrogen) atoms. The van der Waals surface area contributed by atoms with Gasteiger partial charge in [0.2, 0.25) is 0 Å². The van der Waals surface area contributed by atoms with Gasteiger partial charge in [0.25, 0.3) is 0 Å². The molecule has 2 heterocycles. The van der Waals surface area contributed by atoms with Crippen molar-refractivity contribution >= 4 is 23.4 Å². The highest BCUT2D eigenvalue weighted by molar-refractivity contribution is 5.87. The van der Waals surface area contributed by atoms with E-state index in [1.165, 1.54) is 11.1 Å².